The fourth-order valence-corrected chi connectivity index (χ4v) is 6.37. The monoisotopic (exact) mass is 524 g/mol. The molecule has 1 fully saturated rings. The van der Waals surface area contributed by atoms with Crippen LogP contribution in [0.1, 0.15) is 34.5 Å². The molecule has 9 heteroatoms. The van der Waals surface area contributed by atoms with E-state index in [9.17, 15) is 19.1 Å². The van der Waals surface area contributed by atoms with Gasteiger partial charge in [-0.2, -0.15) is 0 Å². The van der Waals surface area contributed by atoms with Crippen molar-refractivity contribution < 1.29 is 23.5 Å². The zero-order chi connectivity index (χ0) is 25.4. The lowest BCUT2D eigenvalue weighted by Gasteiger charge is -2.20. The second kappa shape index (κ2) is 8.08. The second-order valence-electron chi connectivity index (χ2n) is 9.20. The molecule has 1 aliphatic carbocycles. The number of carbonyl (C=O) groups is 2. The lowest BCUT2D eigenvalue weighted by Crippen LogP contribution is -2.35. The van der Waals surface area contributed by atoms with Crippen LogP contribution < -0.4 is 4.90 Å². The van der Waals surface area contributed by atoms with Gasteiger partial charge in [0.2, 0.25) is 0 Å². The highest BCUT2D eigenvalue weighted by Crippen LogP contribution is 2.56. The first-order valence-electron chi connectivity index (χ1n) is 11.3. The number of hydrogen-bond donors (Lipinski definition) is 1. The molecule has 0 atom stereocenters. The molecular weight excluding hydrogens is 506 g/mol. The van der Waals surface area contributed by atoms with Crippen LogP contribution in [0.25, 0.3) is 10.9 Å². The van der Waals surface area contributed by atoms with Crippen LogP contribution in [0.3, 0.4) is 0 Å². The third kappa shape index (κ3) is 3.28. The highest BCUT2D eigenvalue weighted by molar-refractivity contribution is 7.99. The summed E-state index contributed by atoms with van der Waals surface area (Å²) >= 11 is 7.07. The SMILES string of the molecule is Cc1c(Sc2cccc(C(=O)O)c2F)c2ccc(Cl)c(F)c2n1C(=O)N1CC2(CC2)c2ccccc21. The Kier molecular flexibility index (Phi) is 5.18. The number of halogens is 3. The van der Waals surface area contributed by atoms with E-state index >= 15 is 4.39 Å². The molecule has 36 heavy (non-hydrogen) atoms. The van der Waals surface area contributed by atoms with Gasteiger partial charge in [-0.3, -0.25) is 9.47 Å². The molecule has 5 nitrogen and oxygen atoms in total. The van der Waals surface area contributed by atoms with Crippen LogP contribution in [0.15, 0.2) is 64.4 Å². The summed E-state index contributed by atoms with van der Waals surface area (Å²) in [7, 11) is 0. The van der Waals surface area contributed by atoms with Crippen molar-refractivity contribution >= 4 is 52.0 Å². The standard InChI is InChI=1S/C27H19ClF2N2O3S/c1-14-24(36-20-8-4-5-15(21(20)29)25(33)34)16-9-10-18(28)22(30)23(16)32(14)26(35)31-13-27(11-12-27)17-6-2-3-7-19(17)31/h2-10H,11-13H2,1H3,(H,33,34). The number of anilines is 1. The van der Waals surface area contributed by atoms with E-state index in [-0.39, 0.29) is 20.8 Å². The van der Waals surface area contributed by atoms with Gasteiger partial charge in [-0.25, -0.2) is 18.4 Å². The zero-order valence-electron chi connectivity index (χ0n) is 19.0. The third-order valence-electron chi connectivity index (χ3n) is 7.11. The lowest BCUT2D eigenvalue weighted by atomic mass is 9.99. The van der Waals surface area contributed by atoms with Crippen molar-refractivity contribution in [3.05, 3.63) is 88.1 Å². The Balaban J connectivity index is 1.52. The second-order valence-corrected chi connectivity index (χ2v) is 10.7. The van der Waals surface area contributed by atoms with Crippen molar-refractivity contribution in [3.8, 4) is 0 Å². The fraction of sp³-hybridized carbons (Fsp3) is 0.185. The predicted molar refractivity (Wildman–Crippen MR) is 135 cm³/mol. The Bertz CT molecular complexity index is 1610. The Morgan fingerprint density at radius 1 is 1.03 bits per heavy atom. The molecule has 182 valence electrons. The van der Waals surface area contributed by atoms with E-state index in [0.29, 0.717) is 22.5 Å². The summed E-state index contributed by atoms with van der Waals surface area (Å²) in [6.45, 7) is 2.17. The summed E-state index contributed by atoms with van der Waals surface area (Å²) in [4.78, 5) is 27.6. The minimum atomic E-state index is -1.39. The molecule has 2 aliphatic rings. The van der Waals surface area contributed by atoms with E-state index in [2.05, 4.69) is 0 Å². The minimum Gasteiger partial charge on any atom is -0.478 e. The lowest BCUT2D eigenvalue weighted by molar-refractivity contribution is 0.0691. The number of amides is 1. The fourth-order valence-electron chi connectivity index (χ4n) is 5.14. The molecule has 1 N–H and O–H groups in total. The summed E-state index contributed by atoms with van der Waals surface area (Å²) in [6.07, 6.45) is 1.97. The van der Waals surface area contributed by atoms with Gasteiger partial charge in [0.25, 0.3) is 0 Å². The minimum absolute atomic E-state index is 0.0107. The van der Waals surface area contributed by atoms with Crippen molar-refractivity contribution in [2.45, 2.75) is 35.0 Å². The molecule has 0 saturated heterocycles. The molecule has 2 heterocycles. The van der Waals surface area contributed by atoms with Crippen LogP contribution in [0.4, 0.5) is 19.3 Å². The van der Waals surface area contributed by atoms with Crippen LogP contribution in [0, 0.1) is 18.6 Å². The van der Waals surface area contributed by atoms with Crippen molar-refractivity contribution in [2.24, 2.45) is 0 Å². The highest BCUT2D eigenvalue weighted by Gasteiger charge is 2.53. The quantitative estimate of drug-likeness (QED) is 0.306. The molecule has 1 saturated carbocycles. The molecule has 0 bridgehead atoms. The summed E-state index contributed by atoms with van der Waals surface area (Å²) in [5.41, 5.74) is 1.82. The number of carbonyl (C=O) groups excluding carboxylic acids is 1. The maximum absolute atomic E-state index is 15.5. The molecule has 1 spiro atoms. The van der Waals surface area contributed by atoms with Crippen LogP contribution in [0.5, 0.6) is 0 Å². The predicted octanol–water partition coefficient (Wildman–Crippen LogP) is 7.25. The number of benzene rings is 3. The Morgan fingerprint density at radius 2 is 1.78 bits per heavy atom. The van der Waals surface area contributed by atoms with Gasteiger partial charge in [0.15, 0.2) is 11.6 Å². The number of carboxylic acids is 1. The van der Waals surface area contributed by atoms with Gasteiger partial charge in [-0.1, -0.05) is 47.6 Å². The Labute approximate surface area is 214 Å². The van der Waals surface area contributed by atoms with E-state index in [1.807, 2.05) is 24.3 Å². The molecule has 3 aromatic carbocycles. The zero-order valence-corrected chi connectivity index (χ0v) is 20.6. The molecule has 6 rings (SSSR count). The van der Waals surface area contributed by atoms with Crippen molar-refractivity contribution in [3.63, 3.8) is 0 Å². The van der Waals surface area contributed by atoms with Gasteiger partial charge < -0.3 is 5.11 Å². The normalized spacial score (nSPS) is 15.5. The number of hydrogen-bond acceptors (Lipinski definition) is 3. The number of rotatable bonds is 3. The van der Waals surface area contributed by atoms with E-state index in [1.54, 1.807) is 17.9 Å². The molecular formula is C27H19ClF2N2O3S. The number of nitrogens with zero attached hydrogens (tertiary/aromatic N) is 2. The van der Waals surface area contributed by atoms with Crippen LogP contribution in [-0.2, 0) is 5.41 Å². The number of aromatic nitrogens is 1. The molecule has 0 unspecified atom stereocenters. The average Bonchev–Trinajstić information content (AvgIpc) is 3.49. The van der Waals surface area contributed by atoms with Gasteiger partial charge in [0, 0.05) is 38.5 Å². The van der Waals surface area contributed by atoms with Crippen LogP contribution >= 0.6 is 23.4 Å². The van der Waals surface area contributed by atoms with E-state index in [1.165, 1.54) is 28.8 Å². The maximum atomic E-state index is 15.5. The number of fused-ring (bicyclic) bond motifs is 3. The molecule has 1 aromatic heterocycles. The summed E-state index contributed by atoms with van der Waals surface area (Å²) in [5, 5.41) is 9.56. The van der Waals surface area contributed by atoms with Gasteiger partial charge in [-0.05, 0) is 55.7 Å². The van der Waals surface area contributed by atoms with Crippen LogP contribution in [0.2, 0.25) is 5.02 Å². The van der Waals surface area contributed by atoms with Gasteiger partial charge in [0.1, 0.15) is 0 Å². The average molecular weight is 525 g/mol. The summed E-state index contributed by atoms with van der Waals surface area (Å²) < 4.78 is 31.7. The first-order valence-corrected chi connectivity index (χ1v) is 12.5. The summed E-state index contributed by atoms with van der Waals surface area (Å²) in [6, 6.07) is 14.4. The number of para-hydroxylation sites is 1. The Hall–Kier alpha value is -3.36. The number of aromatic carboxylic acids is 1. The number of carboxylic acid groups (broad SMARTS) is 1. The maximum Gasteiger partial charge on any atom is 0.338 e. The van der Waals surface area contributed by atoms with E-state index < -0.39 is 29.2 Å². The topological polar surface area (TPSA) is 62.5 Å². The van der Waals surface area contributed by atoms with E-state index in [4.69, 9.17) is 11.6 Å². The van der Waals surface area contributed by atoms with Gasteiger partial charge >= 0.3 is 12.0 Å². The molecule has 4 aromatic rings. The first kappa shape index (κ1) is 23.1. The van der Waals surface area contributed by atoms with Gasteiger partial charge in [-0.15, -0.1) is 0 Å². The highest BCUT2D eigenvalue weighted by atomic mass is 35.5. The largest absolute Gasteiger partial charge is 0.478 e. The molecule has 0 radical (unpaired) electrons. The summed E-state index contributed by atoms with van der Waals surface area (Å²) in [5.74, 6) is -3.02. The van der Waals surface area contributed by atoms with Crippen LogP contribution in [-0.4, -0.2) is 28.2 Å². The van der Waals surface area contributed by atoms with Crippen molar-refractivity contribution in [1.82, 2.24) is 4.57 Å². The molecule has 1 aliphatic heterocycles. The van der Waals surface area contributed by atoms with Crippen molar-refractivity contribution in [2.75, 3.05) is 11.4 Å². The van der Waals surface area contributed by atoms with Gasteiger partial charge in [0.05, 0.1) is 16.1 Å². The third-order valence-corrected chi connectivity index (χ3v) is 8.66. The smallest absolute Gasteiger partial charge is 0.338 e. The van der Waals surface area contributed by atoms with Crippen molar-refractivity contribution in [1.29, 1.82) is 0 Å². The van der Waals surface area contributed by atoms with E-state index in [0.717, 1.165) is 35.9 Å². The Morgan fingerprint density at radius 3 is 2.50 bits per heavy atom. The first-order chi connectivity index (χ1) is 17.2. The molecule has 1 amide bonds.